The number of aromatic carboxylic acids is 1. The summed E-state index contributed by atoms with van der Waals surface area (Å²) in [5.74, 6) is -0.722. The van der Waals surface area contributed by atoms with Crippen molar-refractivity contribution >= 4 is 23.1 Å². The van der Waals surface area contributed by atoms with E-state index in [4.69, 9.17) is 14.8 Å². The molecule has 8 heteroatoms. The number of benzene rings is 1. The van der Waals surface area contributed by atoms with Crippen LogP contribution in [0.2, 0.25) is 0 Å². The third kappa shape index (κ3) is 4.05. The first-order valence-electron chi connectivity index (χ1n) is 11.4. The van der Waals surface area contributed by atoms with Crippen molar-refractivity contribution in [3.05, 3.63) is 53.3 Å². The standard InChI is InChI=1S/C25H28N4O4/c1-25(2,3)33-24(32)28-13-7-10-19(28)21-20-17(23(30)31)14-18(15-11-12-15)26-22(20)29(27-21)16-8-5-4-6-9-16/h4-6,8-9,14-15,19H,7,10-13H2,1-3H3,(H,30,31). The molecule has 1 N–H and O–H groups in total. The zero-order chi connectivity index (χ0) is 23.3. The maximum Gasteiger partial charge on any atom is 0.410 e. The number of carbonyl (C=O) groups excluding carboxylic acids is 1. The van der Waals surface area contributed by atoms with Crippen LogP contribution in [-0.2, 0) is 4.74 Å². The van der Waals surface area contributed by atoms with E-state index in [1.54, 1.807) is 15.6 Å². The van der Waals surface area contributed by atoms with Crippen LogP contribution in [0.3, 0.4) is 0 Å². The van der Waals surface area contributed by atoms with E-state index in [0.29, 0.717) is 35.6 Å². The van der Waals surface area contributed by atoms with Crippen LogP contribution in [0.1, 0.15) is 80.2 Å². The Hall–Kier alpha value is -3.42. The van der Waals surface area contributed by atoms with Gasteiger partial charge in [0.25, 0.3) is 0 Å². The first-order chi connectivity index (χ1) is 15.7. The molecule has 1 unspecified atom stereocenters. The molecule has 1 atom stereocenters. The van der Waals surface area contributed by atoms with Gasteiger partial charge in [0.1, 0.15) is 5.60 Å². The third-order valence-corrected chi connectivity index (χ3v) is 6.11. The van der Waals surface area contributed by atoms with E-state index in [0.717, 1.165) is 30.6 Å². The van der Waals surface area contributed by atoms with Gasteiger partial charge in [-0.15, -0.1) is 0 Å². The molecule has 33 heavy (non-hydrogen) atoms. The van der Waals surface area contributed by atoms with Gasteiger partial charge in [0.15, 0.2) is 5.65 Å². The summed E-state index contributed by atoms with van der Waals surface area (Å²) in [6, 6.07) is 10.9. The number of fused-ring (bicyclic) bond motifs is 1. The second-order valence-electron chi connectivity index (χ2n) is 9.84. The average Bonchev–Trinajstić information content (AvgIpc) is 3.37. The minimum atomic E-state index is -1.01. The summed E-state index contributed by atoms with van der Waals surface area (Å²) in [4.78, 5) is 31.9. The fourth-order valence-electron chi connectivity index (χ4n) is 4.49. The van der Waals surface area contributed by atoms with Crippen LogP contribution in [0.25, 0.3) is 16.7 Å². The average molecular weight is 449 g/mol. The molecule has 3 heterocycles. The normalized spacial score (nSPS) is 18.6. The van der Waals surface area contributed by atoms with Gasteiger partial charge in [-0.05, 0) is 64.7 Å². The lowest BCUT2D eigenvalue weighted by Gasteiger charge is -2.28. The number of carbonyl (C=O) groups is 2. The van der Waals surface area contributed by atoms with Crippen LogP contribution in [-0.4, -0.2) is 49.0 Å². The number of likely N-dealkylation sites (tertiary alicyclic amines) is 1. The molecule has 1 aromatic carbocycles. The summed E-state index contributed by atoms with van der Waals surface area (Å²) in [6.07, 6.45) is 3.09. The van der Waals surface area contributed by atoms with Crippen molar-refractivity contribution < 1.29 is 19.4 Å². The number of aromatic nitrogens is 3. The van der Waals surface area contributed by atoms with Crippen LogP contribution < -0.4 is 0 Å². The maximum absolute atomic E-state index is 13.0. The molecule has 2 fully saturated rings. The number of ether oxygens (including phenoxy) is 1. The number of nitrogens with zero attached hydrogens (tertiary/aromatic N) is 4. The topological polar surface area (TPSA) is 97.5 Å². The summed E-state index contributed by atoms with van der Waals surface area (Å²) in [6.45, 7) is 6.04. The Morgan fingerprint density at radius 3 is 2.48 bits per heavy atom. The number of amides is 1. The van der Waals surface area contributed by atoms with Gasteiger partial charge in [-0.1, -0.05) is 18.2 Å². The summed E-state index contributed by atoms with van der Waals surface area (Å²) in [7, 11) is 0. The summed E-state index contributed by atoms with van der Waals surface area (Å²) in [5.41, 5.74) is 2.24. The fraction of sp³-hybridized carbons (Fsp3) is 0.440. The Bertz CT molecular complexity index is 1220. The quantitative estimate of drug-likeness (QED) is 0.599. The molecule has 8 nitrogen and oxygen atoms in total. The molecule has 0 bridgehead atoms. The minimum absolute atomic E-state index is 0.190. The summed E-state index contributed by atoms with van der Waals surface area (Å²) < 4.78 is 7.35. The lowest BCUT2D eigenvalue weighted by molar-refractivity contribution is 0.0222. The highest BCUT2D eigenvalue weighted by Gasteiger charge is 2.38. The van der Waals surface area contributed by atoms with E-state index in [1.807, 2.05) is 51.1 Å². The second kappa shape index (κ2) is 7.86. The molecule has 0 spiro atoms. The van der Waals surface area contributed by atoms with Gasteiger partial charge in [-0.2, -0.15) is 5.10 Å². The second-order valence-corrected chi connectivity index (χ2v) is 9.84. The highest BCUT2D eigenvalue weighted by atomic mass is 16.6. The first kappa shape index (κ1) is 21.4. The first-order valence-corrected chi connectivity index (χ1v) is 11.4. The van der Waals surface area contributed by atoms with Gasteiger partial charge in [-0.25, -0.2) is 19.3 Å². The van der Waals surface area contributed by atoms with Gasteiger partial charge < -0.3 is 9.84 Å². The number of pyridine rings is 1. The molecular weight excluding hydrogens is 420 g/mol. The predicted octanol–water partition coefficient (Wildman–Crippen LogP) is 5.07. The molecule has 2 aromatic heterocycles. The van der Waals surface area contributed by atoms with Crippen LogP contribution in [0.15, 0.2) is 36.4 Å². The number of hydrogen-bond acceptors (Lipinski definition) is 5. The largest absolute Gasteiger partial charge is 0.478 e. The highest BCUT2D eigenvalue weighted by molar-refractivity contribution is 6.03. The molecule has 3 aromatic rings. The Balaban J connectivity index is 1.70. The maximum atomic E-state index is 13.0. The fourth-order valence-corrected chi connectivity index (χ4v) is 4.49. The van der Waals surface area contributed by atoms with Crippen molar-refractivity contribution in [3.63, 3.8) is 0 Å². The SMILES string of the molecule is CC(C)(C)OC(=O)N1CCCC1c1nn(-c2ccccc2)c2nc(C3CC3)cc(C(=O)O)c12. The van der Waals surface area contributed by atoms with Gasteiger partial charge in [-0.3, -0.25) is 4.90 Å². The van der Waals surface area contributed by atoms with Crippen LogP contribution in [0.5, 0.6) is 0 Å². The highest BCUT2D eigenvalue weighted by Crippen LogP contribution is 2.43. The molecule has 1 saturated heterocycles. The molecule has 1 amide bonds. The van der Waals surface area contributed by atoms with Crippen molar-refractivity contribution in [1.29, 1.82) is 0 Å². The lowest BCUT2D eigenvalue weighted by atomic mass is 10.0. The van der Waals surface area contributed by atoms with E-state index >= 15 is 0 Å². The Morgan fingerprint density at radius 1 is 1.12 bits per heavy atom. The number of carboxylic acid groups (broad SMARTS) is 1. The Kier molecular flexibility index (Phi) is 5.11. The smallest absolute Gasteiger partial charge is 0.410 e. The van der Waals surface area contributed by atoms with E-state index in [-0.39, 0.29) is 11.6 Å². The van der Waals surface area contributed by atoms with E-state index in [2.05, 4.69) is 0 Å². The molecule has 1 saturated carbocycles. The molecule has 1 aliphatic carbocycles. The molecule has 2 aliphatic rings. The molecule has 5 rings (SSSR count). The Morgan fingerprint density at radius 2 is 1.85 bits per heavy atom. The molecular formula is C25H28N4O4. The molecule has 0 radical (unpaired) electrons. The van der Waals surface area contributed by atoms with Gasteiger partial charge in [0.05, 0.1) is 28.4 Å². The monoisotopic (exact) mass is 448 g/mol. The van der Waals surface area contributed by atoms with Crippen LogP contribution in [0, 0.1) is 0 Å². The zero-order valence-corrected chi connectivity index (χ0v) is 19.1. The summed E-state index contributed by atoms with van der Waals surface area (Å²) >= 11 is 0. The van der Waals surface area contributed by atoms with E-state index < -0.39 is 17.7 Å². The zero-order valence-electron chi connectivity index (χ0n) is 19.1. The Labute approximate surface area is 192 Å². The number of rotatable bonds is 4. The molecule has 1 aliphatic heterocycles. The molecule has 172 valence electrons. The van der Waals surface area contributed by atoms with Crippen LogP contribution >= 0.6 is 0 Å². The van der Waals surface area contributed by atoms with Crippen molar-refractivity contribution in [2.45, 2.75) is 64.0 Å². The van der Waals surface area contributed by atoms with Gasteiger partial charge >= 0.3 is 12.1 Å². The van der Waals surface area contributed by atoms with Crippen molar-refractivity contribution in [2.75, 3.05) is 6.54 Å². The van der Waals surface area contributed by atoms with E-state index in [1.165, 1.54) is 0 Å². The van der Waals surface area contributed by atoms with Crippen molar-refractivity contribution in [3.8, 4) is 5.69 Å². The van der Waals surface area contributed by atoms with Crippen molar-refractivity contribution in [1.82, 2.24) is 19.7 Å². The van der Waals surface area contributed by atoms with Crippen LogP contribution in [0.4, 0.5) is 4.79 Å². The summed E-state index contributed by atoms with van der Waals surface area (Å²) in [5, 5.41) is 15.5. The van der Waals surface area contributed by atoms with Gasteiger partial charge in [0, 0.05) is 18.2 Å². The van der Waals surface area contributed by atoms with E-state index in [9.17, 15) is 14.7 Å². The number of hydrogen-bond donors (Lipinski definition) is 1. The predicted molar refractivity (Wildman–Crippen MR) is 123 cm³/mol. The van der Waals surface area contributed by atoms with Gasteiger partial charge in [0.2, 0.25) is 0 Å². The lowest BCUT2D eigenvalue weighted by Crippen LogP contribution is -2.36. The van der Waals surface area contributed by atoms with Crippen molar-refractivity contribution in [2.24, 2.45) is 0 Å². The number of carboxylic acids is 1. The third-order valence-electron chi connectivity index (χ3n) is 6.11. The minimum Gasteiger partial charge on any atom is -0.478 e. The number of para-hydroxylation sites is 1.